The molecule has 15 heavy (non-hydrogen) atoms. The molecule has 0 saturated heterocycles. The van der Waals surface area contributed by atoms with E-state index in [9.17, 15) is 9.50 Å². The summed E-state index contributed by atoms with van der Waals surface area (Å²) in [4.78, 5) is 0. The Morgan fingerprint density at radius 1 is 1.53 bits per heavy atom. The first-order valence-electron chi connectivity index (χ1n) is 4.61. The van der Waals surface area contributed by atoms with Gasteiger partial charge in [0.15, 0.2) is 0 Å². The summed E-state index contributed by atoms with van der Waals surface area (Å²) >= 11 is 0. The fraction of sp³-hybridized carbons (Fsp3) is 0.364. The number of phenolic OH excluding ortho intramolecular Hbond substituents is 1. The first kappa shape index (κ1) is 9.78. The van der Waals surface area contributed by atoms with Gasteiger partial charge in [0.1, 0.15) is 17.3 Å². The molecule has 0 aromatic heterocycles. The zero-order valence-corrected chi connectivity index (χ0v) is 8.25. The minimum atomic E-state index is -0.819. The first-order valence-corrected chi connectivity index (χ1v) is 4.61. The average molecular weight is 207 g/mol. The van der Waals surface area contributed by atoms with Gasteiger partial charge in [-0.1, -0.05) is 0 Å². The van der Waals surface area contributed by atoms with Gasteiger partial charge in [0.25, 0.3) is 0 Å². The summed E-state index contributed by atoms with van der Waals surface area (Å²) in [6.45, 7) is 0. The van der Waals surface area contributed by atoms with Gasteiger partial charge >= 0.3 is 0 Å². The van der Waals surface area contributed by atoms with Gasteiger partial charge in [-0.25, -0.2) is 4.39 Å². The molecular formula is C11H10FNO2. The van der Waals surface area contributed by atoms with Gasteiger partial charge in [-0.05, 0) is 12.8 Å². The van der Waals surface area contributed by atoms with Gasteiger partial charge < -0.3 is 9.84 Å². The smallest absolute Gasteiger partial charge is 0.135 e. The molecule has 2 rings (SSSR count). The van der Waals surface area contributed by atoms with Gasteiger partial charge in [0.05, 0.1) is 24.2 Å². The molecule has 1 saturated carbocycles. The summed E-state index contributed by atoms with van der Waals surface area (Å²) in [5, 5.41) is 18.6. The molecule has 0 bridgehead atoms. The van der Waals surface area contributed by atoms with Crippen molar-refractivity contribution < 1.29 is 14.2 Å². The second-order valence-electron chi connectivity index (χ2n) is 3.70. The molecule has 1 N–H and O–H groups in total. The molecular weight excluding hydrogens is 197 g/mol. The third kappa shape index (κ3) is 1.40. The molecule has 0 unspecified atom stereocenters. The molecule has 3 nitrogen and oxygen atoms in total. The van der Waals surface area contributed by atoms with Crippen LogP contribution in [-0.2, 0) is 5.41 Å². The monoisotopic (exact) mass is 207 g/mol. The van der Waals surface area contributed by atoms with E-state index in [4.69, 9.17) is 10.00 Å². The molecule has 1 aliphatic carbocycles. The van der Waals surface area contributed by atoms with Crippen molar-refractivity contribution >= 4 is 0 Å². The Morgan fingerprint density at radius 2 is 2.20 bits per heavy atom. The number of nitriles is 1. The third-order valence-electron chi connectivity index (χ3n) is 2.72. The van der Waals surface area contributed by atoms with Gasteiger partial charge in [-0.3, -0.25) is 0 Å². The van der Waals surface area contributed by atoms with Crippen LogP contribution < -0.4 is 4.74 Å². The lowest BCUT2D eigenvalue weighted by Crippen LogP contribution is -2.06. The highest BCUT2D eigenvalue weighted by atomic mass is 19.1. The van der Waals surface area contributed by atoms with Crippen molar-refractivity contribution in [1.82, 2.24) is 0 Å². The molecule has 4 heteroatoms. The number of nitrogens with zero attached hydrogens (tertiary/aromatic N) is 1. The fourth-order valence-electron chi connectivity index (χ4n) is 1.70. The van der Waals surface area contributed by atoms with Crippen LogP contribution in [0.15, 0.2) is 12.1 Å². The number of hydrogen-bond donors (Lipinski definition) is 1. The van der Waals surface area contributed by atoms with Crippen LogP contribution in [0.4, 0.5) is 4.39 Å². The summed E-state index contributed by atoms with van der Waals surface area (Å²) in [7, 11) is 1.39. The predicted molar refractivity (Wildman–Crippen MR) is 51.1 cm³/mol. The second-order valence-corrected chi connectivity index (χ2v) is 3.70. The lowest BCUT2D eigenvalue weighted by atomic mass is 9.96. The Bertz CT molecular complexity index is 423. The standard InChI is InChI=1S/C11H10FNO2/c1-15-7-4-8(12)10(9(14)5-7)11(6-13)2-3-11/h4-5,14H,2-3H2,1H3. The number of hydrogen-bond acceptors (Lipinski definition) is 3. The molecule has 0 amide bonds. The molecule has 0 atom stereocenters. The SMILES string of the molecule is COc1cc(O)c(C2(C#N)CC2)c(F)c1. The Hall–Kier alpha value is -1.76. The van der Waals surface area contributed by atoms with E-state index in [1.54, 1.807) is 0 Å². The van der Waals surface area contributed by atoms with Gasteiger partial charge in [-0.15, -0.1) is 0 Å². The van der Waals surface area contributed by atoms with Crippen molar-refractivity contribution in [3.05, 3.63) is 23.5 Å². The van der Waals surface area contributed by atoms with Crippen molar-refractivity contribution in [2.24, 2.45) is 0 Å². The van der Waals surface area contributed by atoms with Crippen LogP contribution in [-0.4, -0.2) is 12.2 Å². The summed E-state index contributed by atoms with van der Waals surface area (Å²) in [5.41, 5.74) is -0.716. The van der Waals surface area contributed by atoms with E-state index < -0.39 is 11.2 Å². The van der Waals surface area contributed by atoms with E-state index in [0.717, 1.165) is 0 Å². The lowest BCUT2D eigenvalue weighted by Gasteiger charge is -2.11. The van der Waals surface area contributed by atoms with Crippen LogP contribution in [0.25, 0.3) is 0 Å². The second kappa shape index (κ2) is 3.13. The molecule has 78 valence electrons. The van der Waals surface area contributed by atoms with E-state index in [1.165, 1.54) is 19.2 Å². The fourth-order valence-corrected chi connectivity index (χ4v) is 1.70. The normalized spacial score (nSPS) is 16.9. The predicted octanol–water partition coefficient (Wildman–Crippen LogP) is 2.10. The largest absolute Gasteiger partial charge is 0.507 e. The van der Waals surface area contributed by atoms with Crippen molar-refractivity contribution in [3.63, 3.8) is 0 Å². The van der Waals surface area contributed by atoms with E-state index in [0.29, 0.717) is 12.8 Å². The zero-order chi connectivity index (χ0) is 11.1. The highest BCUT2D eigenvalue weighted by Gasteiger charge is 2.48. The third-order valence-corrected chi connectivity index (χ3v) is 2.72. The van der Waals surface area contributed by atoms with E-state index in [-0.39, 0.29) is 17.1 Å². The van der Waals surface area contributed by atoms with Crippen LogP contribution in [0, 0.1) is 17.1 Å². The summed E-state index contributed by atoms with van der Waals surface area (Å²) in [6.07, 6.45) is 1.20. The number of halogens is 1. The molecule has 0 spiro atoms. The number of rotatable bonds is 2. The van der Waals surface area contributed by atoms with Crippen LogP contribution >= 0.6 is 0 Å². The van der Waals surface area contributed by atoms with Gasteiger partial charge in [0.2, 0.25) is 0 Å². The summed E-state index contributed by atoms with van der Waals surface area (Å²) in [5.74, 6) is -0.528. The minimum absolute atomic E-state index is 0.103. The van der Waals surface area contributed by atoms with E-state index >= 15 is 0 Å². The van der Waals surface area contributed by atoms with Crippen molar-refractivity contribution in [2.45, 2.75) is 18.3 Å². The molecule has 0 heterocycles. The Labute approximate surface area is 86.7 Å². The zero-order valence-electron chi connectivity index (χ0n) is 8.25. The molecule has 0 aliphatic heterocycles. The highest BCUT2D eigenvalue weighted by Crippen LogP contribution is 2.52. The summed E-state index contributed by atoms with van der Waals surface area (Å²) in [6, 6.07) is 4.56. The topological polar surface area (TPSA) is 53.2 Å². The first-order chi connectivity index (χ1) is 7.13. The maximum Gasteiger partial charge on any atom is 0.135 e. The average Bonchev–Trinajstić information content (AvgIpc) is 2.97. The highest BCUT2D eigenvalue weighted by molar-refractivity contribution is 5.51. The maximum absolute atomic E-state index is 13.6. The van der Waals surface area contributed by atoms with Crippen LogP contribution in [0.3, 0.4) is 0 Å². The number of benzene rings is 1. The van der Waals surface area contributed by atoms with Crippen LogP contribution in [0.5, 0.6) is 11.5 Å². The Balaban J connectivity index is 2.54. The number of ether oxygens (including phenoxy) is 1. The van der Waals surface area contributed by atoms with Crippen LogP contribution in [0.2, 0.25) is 0 Å². The van der Waals surface area contributed by atoms with Crippen LogP contribution in [0.1, 0.15) is 18.4 Å². The van der Waals surface area contributed by atoms with E-state index in [1.807, 2.05) is 6.07 Å². The Kier molecular flexibility index (Phi) is 2.04. The lowest BCUT2D eigenvalue weighted by molar-refractivity contribution is 0.398. The molecule has 1 aromatic rings. The van der Waals surface area contributed by atoms with Crippen molar-refractivity contribution in [2.75, 3.05) is 7.11 Å². The number of methoxy groups -OCH3 is 1. The molecule has 1 aliphatic rings. The maximum atomic E-state index is 13.6. The minimum Gasteiger partial charge on any atom is -0.507 e. The quantitative estimate of drug-likeness (QED) is 0.807. The number of aromatic hydroxyl groups is 1. The number of phenols is 1. The Morgan fingerprint density at radius 3 is 2.60 bits per heavy atom. The van der Waals surface area contributed by atoms with Crippen molar-refractivity contribution in [1.29, 1.82) is 5.26 Å². The molecule has 1 fully saturated rings. The molecule has 0 radical (unpaired) electrons. The van der Waals surface area contributed by atoms with E-state index in [2.05, 4.69) is 0 Å². The van der Waals surface area contributed by atoms with Crippen molar-refractivity contribution in [3.8, 4) is 17.6 Å². The molecule has 1 aromatic carbocycles. The van der Waals surface area contributed by atoms with Gasteiger partial charge in [0, 0.05) is 12.1 Å². The summed E-state index contributed by atoms with van der Waals surface area (Å²) < 4.78 is 18.4. The van der Waals surface area contributed by atoms with Gasteiger partial charge in [-0.2, -0.15) is 5.26 Å².